The van der Waals surface area contributed by atoms with Gasteiger partial charge in [0.25, 0.3) is 15.9 Å². The summed E-state index contributed by atoms with van der Waals surface area (Å²) in [6.07, 6.45) is 2.35. The number of nitrogens with zero attached hydrogens (tertiary/aromatic N) is 1. The Bertz CT molecular complexity index is 1190. The average Bonchev–Trinajstić information content (AvgIpc) is 2.84. The molecule has 0 aromatic heterocycles. The lowest BCUT2D eigenvalue weighted by molar-refractivity contribution is 0.0954. The van der Waals surface area contributed by atoms with Gasteiger partial charge < -0.3 is 10.1 Å². The van der Waals surface area contributed by atoms with Crippen molar-refractivity contribution in [3.63, 3.8) is 0 Å². The summed E-state index contributed by atoms with van der Waals surface area (Å²) in [7, 11) is -2.06. The summed E-state index contributed by atoms with van der Waals surface area (Å²) in [6, 6.07) is 21.4. The second-order valence-electron chi connectivity index (χ2n) is 7.69. The number of carbonyl (C=O) groups excluding carboxylic acids is 1. The summed E-state index contributed by atoms with van der Waals surface area (Å²) in [5.41, 5.74) is 3.29. The van der Waals surface area contributed by atoms with Crippen molar-refractivity contribution in [3.8, 4) is 5.75 Å². The molecule has 3 aromatic carbocycles. The van der Waals surface area contributed by atoms with E-state index in [1.165, 1.54) is 16.4 Å². The van der Waals surface area contributed by atoms with Gasteiger partial charge in [-0.05, 0) is 72.9 Å². The van der Waals surface area contributed by atoms with Crippen molar-refractivity contribution in [2.24, 2.45) is 0 Å². The minimum atomic E-state index is -3.69. The molecule has 1 N–H and O–H groups in total. The van der Waals surface area contributed by atoms with Gasteiger partial charge in [0.15, 0.2) is 0 Å². The van der Waals surface area contributed by atoms with Crippen molar-refractivity contribution in [3.05, 3.63) is 89.5 Å². The molecular formula is C25H26N2O4S. The first-order chi connectivity index (χ1) is 15.5. The van der Waals surface area contributed by atoms with Crippen LogP contribution in [-0.2, 0) is 22.9 Å². The first-order valence-corrected chi connectivity index (χ1v) is 12.0. The summed E-state index contributed by atoms with van der Waals surface area (Å²) in [4.78, 5) is 12.7. The molecule has 0 atom stereocenters. The van der Waals surface area contributed by atoms with E-state index < -0.39 is 10.0 Å². The highest BCUT2D eigenvalue weighted by molar-refractivity contribution is 7.92. The summed E-state index contributed by atoms with van der Waals surface area (Å²) < 4.78 is 33.1. The summed E-state index contributed by atoms with van der Waals surface area (Å²) in [6.45, 7) is 0.933. The Morgan fingerprint density at radius 3 is 2.44 bits per heavy atom. The Morgan fingerprint density at radius 2 is 1.72 bits per heavy atom. The Kier molecular flexibility index (Phi) is 6.46. The van der Waals surface area contributed by atoms with Crippen molar-refractivity contribution in [2.75, 3.05) is 24.5 Å². The van der Waals surface area contributed by atoms with E-state index in [4.69, 9.17) is 4.74 Å². The molecular weight excluding hydrogens is 424 g/mol. The van der Waals surface area contributed by atoms with Crippen LogP contribution in [0.25, 0.3) is 0 Å². The fourth-order valence-corrected chi connectivity index (χ4v) is 5.41. The first kappa shape index (κ1) is 21.9. The SMILES string of the molecule is COc1ccc(CCNC(=O)c2ccc(S(=O)(=O)N3CCCc4ccccc43)cc2)cc1. The Hall–Kier alpha value is -3.32. The maximum absolute atomic E-state index is 13.2. The van der Waals surface area contributed by atoms with Crippen LogP contribution in [0.5, 0.6) is 5.75 Å². The number of carbonyl (C=O) groups is 1. The number of methoxy groups -OCH3 is 1. The van der Waals surface area contributed by atoms with Crippen LogP contribution in [0.15, 0.2) is 77.7 Å². The molecule has 0 radical (unpaired) electrons. The lowest BCUT2D eigenvalue weighted by Gasteiger charge is -2.30. The number of benzene rings is 3. The molecule has 1 heterocycles. The molecule has 6 nitrogen and oxygen atoms in total. The third-order valence-electron chi connectivity index (χ3n) is 5.63. The number of rotatable bonds is 7. The van der Waals surface area contributed by atoms with Crippen LogP contribution >= 0.6 is 0 Å². The number of ether oxygens (including phenoxy) is 1. The molecule has 32 heavy (non-hydrogen) atoms. The number of nitrogens with one attached hydrogen (secondary N) is 1. The molecule has 0 saturated heterocycles. The van der Waals surface area contributed by atoms with Gasteiger partial charge in [-0.3, -0.25) is 9.10 Å². The zero-order valence-electron chi connectivity index (χ0n) is 18.0. The zero-order chi connectivity index (χ0) is 22.6. The first-order valence-electron chi connectivity index (χ1n) is 10.6. The van der Waals surface area contributed by atoms with E-state index >= 15 is 0 Å². The van der Waals surface area contributed by atoms with Gasteiger partial charge in [-0.1, -0.05) is 30.3 Å². The van der Waals surface area contributed by atoms with Crippen LogP contribution in [-0.4, -0.2) is 34.5 Å². The van der Waals surface area contributed by atoms with E-state index in [1.807, 2.05) is 48.5 Å². The van der Waals surface area contributed by atoms with Crippen molar-refractivity contribution in [1.29, 1.82) is 0 Å². The Morgan fingerprint density at radius 1 is 1.00 bits per heavy atom. The van der Waals surface area contributed by atoms with Gasteiger partial charge in [0.05, 0.1) is 17.7 Å². The smallest absolute Gasteiger partial charge is 0.264 e. The molecule has 0 unspecified atom stereocenters. The number of aryl methyl sites for hydroxylation is 1. The normalized spacial score (nSPS) is 13.3. The number of para-hydroxylation sites is 1. The number of fused-ring (bicyclic) bond motifs is 1. The molecule has 0 spiro atoms. The van der Waals surface area contributed by atoms with Crippen LogP contribution in [0.4, 0.5) is 5.69 Å². The molecule has 0 saturated carbocycles. The van der Waals surface area contributed by atoms with Crippen molar-refractivity contribution in [1.82, 2.24) is 5.32 Å². The van der Waals surface area contributed by atoms with Crippen LogP contribution in [0.2, 0.25) is 0 Å². The Labute approximate surface area is 188 Å². The molecule has 0 aliphatic carbocycles. The highest BCUT2D eigenvalue weighted by atomic mass is 32.2. The minimum Gasteiger partial charge on any atom is -0.497 e. The van der Waals surface area contributed by atoms with Crippen molar-refractivity contribution >= 4 is 21.6 Å². The molecule has 1 amide bonds. The third kappa shape index (κ3) is 4.62. The van der Waals surface area contributed by atoms with Crippen LogP contribution in [0, 0.1) is 0 Å². The number of anilines is 1. The number of amides is 1. The predicted molar refractivity (Wildman–Crippen MR) is 125 cm³/mol. The standard InChI is InChI=1S/C25H26N2O4S/c1-31-22-12-8-19(9-13-22)16-17-26-25(28)21-10-14-23(15-11-21)32(29,30)27-18-4-6-20-5-2-3-7-24(20)27/h2-3,5,7-15H,4,6,16-18H2,1H3,(H,26,28). The zero-order valence-corrected chi connectivity index (χ0v) is 18.8. The van der Waals surface area contributed by atoms with Crippen molar-refractivity contribution in [2.45, 2.75) is 24.2 Å². The third-order valence-corrected chi connectivity index (χ3v) is 7.46. The van der Waals surface area contributed by atoms with Crippen LogP contribution in [0.3, 0.4) is 0 Å². The van der Waals surface area contributed by atoms with E-state index in [0.717, 1.165) is 35.4 Å². The van der Waals surface area contributed by atoms with E-state index in [0.29, 0.717) is 25.1 Å². The topological polar surface area (TPSA) is 75.7 Å². The van der Waals surface area contributed by atoms with E-state index in [-0.39, 0.29) is 10.8 Å². The summed E-state index contributed by atoms with van der Waals surface area (Å²) >= 11 is 0. The Balaban J connectivity index is 1.40. The quantitative estimate of drug-likeness (QED) is 0.594. The molecule has 3 aromatic rings. The second kappa shape index (κ2) is 9.44. The van der Waals surface area contributed by atoms with Gasteiger partial charge in [0, 0.05) is 18.7 Å². The number of hydrogen-bond acceptors (Lipinski definition) is 4. The number of hydrogen-bond donors (Lipinski definition) is 1. The summed E-state index contributed by atoms with van der Waals surface area (Å²) in [5.74, 6) is 0.562. The van der Waals surface area contributed by atoms with Gasteiger partial charge in [-0.25, -0.2) is 8.42 Å². The molecule has 7 heteroatoms. The lowest BCUT2D eigenvalue weighted by atomic mass is 10.0. The van der Waals surface area contributed by atoms with Crippen molar-refractivity contribution < 1.29 is 17.9 Å². The van der Waals surface area contributed by atoms with Gasteiger partial charge in [-0.15, -0.1) is 0 Å². The highest BCUT2D eigenvalue weighted by Gasteiger charge is 2.28. The maximum atomic E-state index is 13.2. The molecule has 0 fully saturated rings. The van der Waals surface area contributed by atoms with Crippen LogP contribution < -0.4 is 14.4 Å². The minimum absolute atomic E-state index is 0.184. The van der Waals surface area contributed by atoms with E-state index in [2.05, 4.69) is 5.32 Å². The number of sulfonamides is 1. The lowest BCUT2D eigenvalue weighted by Crippen LogP contribution is -2.35. The average molecular weight is 451 g/mol. The highest BCUT2D eigenvalue weighted by Crippen LogP contribution is 2.31. The monoisotopic (exact) mass is 450 g/mol. The van der Waals surface area contributed by atoms with Gasteiger partial charge in [0.2, 0.25) is 0 Å². The molecule has 4 rings (SSSR count). The second-order valence-corrected chi connectivity index (χ2v) is 9.55. The molecule has 0 bridgehead atoms. The van der Waals surface area contributed by atoms with Gasteiger partial charge in [0.1, 0.15) is 5.75 Å². The fraction of sp³-hybridized carbons (Fsp3) is 0.240. The predicted octanol–water partition coefficient (Wildman–Crippen LogP) is 3.81. The van der Waals surface area contributed by atoms with E-state index in [9.17, 15) is 13.2 Å². The fourth-order valence-electron chi connectivity index (χ4n) is 3.87. The largest absolute Gasteiger partial charge is 0.497 e. The van der Waals surface area contributed by atoms with Crippen LogP contribution in [0.1, 0.15) is 27.9 Å². The maximum Gasteiger partial charge on any atom is 0.264 e. The summed E-state index contributed by atoms with van der Waals surface area (Å²) in [5, 5.41) is 2.88. The molecule has 1 aliphatic heterocycles. The molecule has 1 aliphatic rings. The van der Waals surface area contributed by atoms with Gasteiger partial charge in [-0.2, -0.15) is 0 Å². The van der Waals surface area contributed by atoms with E-state index in [1.54, 1.807) is 19.2 Å². The molecule has 166 valence electrons. The van der Waals surface area contributed by atoms with Gasteiger partial charge >= 0.3 is 0 Å².